The van der Waals surface area contributed by atoms with Crippen molar-refractivity contribution in [2.75, 3.05) is 0 Å². The third-order valence-corrected chi connectivity index (χ3v) is 3.99. The smallest absolute Gasteiger partial charge is 0.225 e. The highest BCUT2D eigenvalue weighted by Crippen LogP contribution is 2.18. The van der Waals surface area contributed by atoms with E-state index >= 15 is 0 Å². The number of carbonyl (C=O) groups is 3. The molecule has 4 rings (SSSR count). The van der Waals surface area contributed by atoms with Crippen LogP contribution in [0.3, 0.4) is 0 Å². The molecule has 148 valence electrons. The number of fused-ring (bicyclic) bond motifs is 2. The summed E-state index contributed by atoms with van der Waals surface area (Å²) in [6, 6.07) is 0. The van der Waals surface area contributed by atoms with Gasteiger partial charge in [0.05, 0.1) is 6.33 Å². The van der Waals surface area contributed by atoms with E-state index in [0.29, 0.717) is 11.2 Å². The van der Waals surface area contributed by atoms with Gasteiger partial charge in [0, 0.05) is 20.8 Å². The van der Waals surface area contributed by atoms with Gasteiger partial charge in [-0.25, -0.2) is 24.9 Å². The second-order valence-corrected chi connectivity index (χ2v) is 6.43. The summed E-state index contributed by atoms with van der Waals surface area (Å²) in [6.45, 7) is 3.95. The Balaban J connectivity index is 0.000000186. The fourth-order valence-electron chi connectivity index (χ4n) is 2.25. The fraction of sp³-hybridized carbons (Fsp3) is 0.188. The number of Topliss-reactive ketones (excluding diaryl/α,β-unsaturated/α-hetero) is 3. The molecule has 29 heavy (non-hydrogen) atoms. The molecule has 2 N–H and O–H groups in total. The summed E-state index contributed by atoms with van der Waals surface area (Å²) in [4.78, 5) is 62.6. The second-order valence-electron chi connectivity index (χ2n) is 5.73. The van der Waals surface area contributed by atoms with Crippen molar-refractivity contribution in [2.24, 2.45) is 0 Å². The van der Waals surface area contributed by atoms with Crippen LogP contribution in [-0.4, -0.2) is 57.2 Å². The largest absolute Gasteiger partial charge is 0.341 e. The molecule has 0 aliphatic rings. The van der Waals surface area contributed by atoms with Crippen molar-refractivity contribution in [3.63, 3.8) is 0 Å². The maximum Gasteiger partial charge on any atom is 0.225 e. The minimum Gasteiger partial charge on any atom is -0.341 e. The molecule has 4 aromatic heterocycles. The standard InChI is InChI=1S/C11H10N4O3.C5H2Cl2N4/c1-4(16)7-8-11(14-9(12-7)5(2)17)15-10(13-8)6(3)18;6-3-2-4(9-1-8-2)11-5(7)10-3/h1-3H3,(H,12,13,14,15);1H,(H,8,9,10,11). The summed E-state index contributed by atoms with van der Waals surface area (Å²) < 4.78 is 0. The molecule has 0 bridgehead atoms. The average molecular weight is 435 g/mol. The predicted molar refractivity (Wildman–Crippen MR) is 103 cm³/mol. The van der Waals surface area contributed by atoms with Gasteiger partial charge in [-0.1, -0.05) is 11.6 Å². The maximum absolute atomic E-state index is 11.5. The van der Waals surface area contributed by atoms with Gasteiger partial charge in [0.1, 0.15) is 16.7 Å². The summed E-state index contributed by atoms with van der Waals surface area (Å²) in [5.41, 5.74) is 1.57. The molecule has 0 aromatic carbocycles. The third-order valence-electron chi connectivity index (χ3n) is 3.55. The van der Waals surface area contributed by atoms with E-state index in [0.717, 1.165) is 0 Å². The number of ketones is 3. The van der Waals surface area contributed by atoms with Gasteiger partial charge in [0.25, 0.3) is 0 Å². The Hall–Kier alpha value is -3.31. The number of imidazole rings is 2. The Kier molecular flexibility index (Phi) is 5.62. The third kappa shape index (κ3) is 4.25. The van der Waals surface area contributed by atoms with Crippen molar-refractivity contribution in [2.45, 2.75) is 20.8 Å². The first kappa shape index (κ1) is 20.4. The summed E-state index contributed by atoms with van der Waals surface area (Å²) in [6.07, 6.45) is 1.49. The van der Waals surface area contributed by atoms with E-state index in [1.807, 2.05) is 0 Å². The highest BCUT2D eigenvalue weighted by atomic mass is 35.5. The van der Waals surface area contributed by atoms with Crippen LogP contribution in [0.15, 0.2) is 6.33 Å². The zero-order chi connectivity index (χ0) is 21.3. The van der Waals surface area contributed by atoms with Gasteiger partial charge in [-0.05, 0) is 11.6 Å². The zero-order valence-electron chi connectivity index (χ0n) is 15.2. The Morgan fingerprint density at radius 1 is 0.828 bits per heavy atom. The van der Waals surface area contributed by atoms with Gasteiger partial charge in [-0.3, -0.25) is 14.4 Å². The molecule has 13 heteroatoms. The van der Waals surface area contributed by atoms with E-state index in [1.54, 1.807) is 0 Å². The number of nitrogens with zero attached hydrogens (tertiary/aromatic N) is 6. The lowest BCUT2D eigenvalue weighted by atomic mass is 10.2. The molecular formula is C16H12Cl2N8O3. The molecule has 0 aliphatic heterocycles. The number of carbonyl (C=O) groups excluding carboxylic acids is 3. The molecule has 0 spiro atoms. The molecule has 0 radical (unpaired) electrons. The molecule has 0 aliphatic carbocycles. The van der Waals surface area contributed by atoms with Crippen LogP contribution >= 0.6 is 23.2 Å². The van der Waals surface area contributed by atoms with Crippen LogP contribution in [0.25, 0.3) is 22.3 Å². The van der Waals surface area contributed by atoms with E-state index in [2.05, 4.69) is 39.9 Å². The van der Waals surface area contributed by atoms with E-state index in [1.165, 1.54) is 27.1 Å². The van der Waals surface area contributed by atoms with Gasteiger partial charge in [-0.2, -0.15) is 4.98 Å². The molecule has 0 saturated heterocycles. The van der Waals surface area contributed by atoms with Crippen LogP contribution in [-0.2, 0) is 0 Å². The summed E-state index contributed by atoms with van der Waals surface area (Å²) in [5.74, 6) is -0.987. The van der Waals surface area contributed by atoms with E-state index < -0.39 is 0 Å². The summed E-state index contributed by atoms with van der Waals surface area (Å²) in [7, 11) is 0. The van der Waals surface area contributed by atoms with Gasteiger partial charge >= 0.3 is 0 Å². The number of hydrogen-bond donors (Lipinski definition) is 2. The Labute approximate surface area is 172 Å². The summed E-state index contributed by atoms with van der Waals surface area (Å²) >= 11 is 11.2. The van der Waals surface area contributed by atoms with Crippen molar-refractivity contribution in [1.82, 2.24) is 39.9 Å². The lowest BCUT2D eigenvalue weighted by Gasteiger charge is -1.99. The van der Waals surface area contributed by atoms with Gasteiger partial charge in [0.15, 0.2) is 45.4 Å². The highest BCUT2D eigenvalue weighted by molar-refractivity contribution is 6.35. The van der Waals surface area contributed by atoms with Crippen LogP contribution in [0.5, 0.6) is 0 Å². The SMILES string of the molecule is CC(=O)c1nc(C(C)=O)c2[nH]c(C(C)=O)nc2n1.Clc1nc(Cl)c2[nH]cnc2n1. The topological polar surface area (TPSA) is 160 Å². The first-order valence-electron chi connectivity index (χ1n) is 8.00. The zero-order valence-corrected chi connectivity index (χ0v) is 16.8. The average Bonchev–Trinajstić information content (AvgIpc) is 3.27. The van der Waals surface area contributed by atoms with E-state index in [-0.39, 0.29) is 56.3 Å². The van der Waals surface area contributed by atoms with Gasteiger partial charge in [-0.15, -0.1) is 0 Å². The number of aromatic amines is 2. The molecule has 0 saturated carbocycles. The molecule has 11 nitrogen and oxygen atoms in total. The van der Waals surface area contributed by atoms with Crippen molar-refractivity contribution in [1.29, 1.82) is 0 Å². The number of H-pyrrole nitrogens is 2. The Bertz CT molecular complexity index is 1280. The van der Waals surface area contributed by atoms with Crippen molar-refractivity contribution in [3.8, 4) is 0 Å². The number of nitrogens with one attached hydrogen (secondary N) is 2. The highest BCUT2D eigenvalue weighted by Gasteiger charge is 2.18. The monoisotopic (exact) mass is 434 g/mol. The Morgan fingerprint density at radius 3 is 2.17 bits per heavy atom. The molecule has 0 unspecified atom stereocenters. The molecule has 0 atom stereocenters. The van der Waals surface area contributed by atoms with Crippen molar-refractivity contribution < 1.29 is 14.4 Å². The quantitative estimate of drug-likeness (QED) is 0.280. The minimum absolute atomic E-state index is 0.0604. The fourth-order valence-corrected chi connectivity index (χ4v) is 2.68. The molecule has 4 aromatic rings. The van der Waals surface area contributed by atoms with Crippen molar-refractivity contribution in [3.05, 3.63) is 34.1 Å². The van der Waals surface area contributed by atoms with Crippen LogP contribution in [0, 0.1) is 0 Å². The molecule has 0 fully saturated rings. The van der Waals surface area contributed by atoms with Crippen LogP contribution in [0.2, 0.25) is 10.4 Å². The van der Waals surface area contributed by atoms with Crippen LogP contribution in [0.4, 0.5) is 0 Å². The lowest BCUT2D eigenvalue weighted by molar-refractivity contribution is 0.0991. The number of halogens is 2. The lowest BCUT2D eigenvalue weighted by Crippen LogP contribution is -2.08. The van der Waals surface area contributed by atoms with Gasteiger partial charge < -0.3 is 9.97 Å². The number of aromatic nitrogens is 8. The second kappa shape index (κ2) is 7.97. The number of rotatable bonds is 3. The molecule has 4 heterocycles. The minimum atomic E-state index is -0.369. The predicted octanol–water partition coefficient (Wildman–Crippen LogP) is 2.62. The molecule has 0 amide bonds. The number of hydrogen-bond acceptors (Lipinski definition) is 9. The van der Waals surface area contributed by atoms with Gasteiger partial charge in [0.2, 0.25) is 5.28 Å². The van der Waals surface area contributed by atoms with Crippen molar-refractivity contribution >= 4 is 62.9 Å². The Morgan fingerprint density at radius 2 is 1.55 bits per heavy atom. The van der Waals surface area contributed by atoms with E-state index in [4.69, 9.17) is 23.2 Å². The van der Waals surface area contributed by atoms with Crippen LogP contribution < -0.4 is 0 Å². The summed E-state index contributed by atoms with van der Waals surface area (Å²) in [5, 5.41) is 0.395. The first-order valence-corrected chi connectivity index (χ1v) is 8.75. The first-order chi connectivity index (χ1) is 13.7. The van der Waals surface area contributed by atoms with E-state index in [9.17, 15) is 14.4 Å². The maximum atomic E-state index is 11.5. The normalized spacial score (nSPS) is 10.7. The molecular weight excluding hydrogens is 423 g/mol. The van der Waals surface area contributed by atoms with Crippen LogP contribution in [0.1, 0.15) is 52.5 Å².